The van der Waals surface area contributed by atoms with Gasteiger partial charge in [0.1, 0.15) is 17.4 Å². The number of imidazole rings is 1. The highest BCUT2D eigenvalue weighted by Crippen LogP contribution is 2.29. The lowest BCUT2D eigenvalue weighted by atomic mass is 10.1. The fraction of sp³-hybridized carbons (Fsp3) is 0.188. The van der Waals surface area contributed by atoms with Crippen LogP contribution in [0.5, 0.6) is 5.75 Å². The van der Waals surface area contributed by atoms with E-state index in [1.54, 1.807) is 18.2 Å². The number of phenolic OH excluding ortho intramolecular Hbond substituents is 1. The highest BCUT2D eigenvalue weighted by Gasteiger charge is 2.14. The van der Waals surface area contributed by atoms with Gasteiger partial charge in [0, 0.05) is 18.2 Å². The molecule has 0 aliphatic carbocycles. The van der Waals surface area contributed by atoms with Gasteiger partial charge in [0.25, 0.3) is 0 Å². The van der Waals surface area contributed by atoms with E-state index in [9.17, 15) is 9.50 Å². The molecule has 0 aliphatic heterocycles. The summed E-state index contributed by atoms with van der Waals surface area (Å²) in [4.78, 5) is 4.55. The number of aromatic hydroxyl groups is 1. The minimum absolute atomic E-state index is 0.233. The van der Waals surface area contributed by atoms with Crippen LogP contribution in [0.2, 0.25) is 0 Å². The predicted octanol–water partition coefficient (Wildman–Crippen LogP) is 3.88. The van der Waals surface area contributed by atoms with Gasteiger partial charge in [-0.25, -0.2) is 9.37 Å². The molecule has 2 aromatic carbocycles. The van der Waals surface area contributed by atoms with Gasteiger partial charge in [-0.05, 0) is 49.7 Å². The molecule has 3 aromatic rings. The van der Waals surface area contributed by atoms with Gasteiger partial charge >= 0.3 is 0 Å². The molecule has 1 aromatic heterocycles. The molecule has 20 heavy (non-hydrogen) atoms. The third-order valence-corrected chi connectivity index (χ3v) is 3.48. The Hall–Kier alpha value is -2.36. The van der Waals surface area contributed by atoms with E-state index in [2.05, 4.69) is 4.98 Å². The van der Waals surface area contributed by atoms with Crippen LogP contribution in [0.25, 0.3) is 22.4 Å². The number of hydrogen-bond donors (Lipinski definition) is 1. The first-order valence-corrected chi connectivity index (χ1v) is 6.56. The largest absolute Gasteiger partial charge is 0.508 e. The average molecular weight is 270 g/mol. The Morgan fingerprint density at radius 1 is 1.20 bits per heavy atom. The number of hydrogen-bond acceptors (Lipinski definition) is 2. The number of aryl methyl sites for hydroxylation is 2. The van der Waals surface area contributed by atoms with Crippen LogP contribution in [-0.2, 0) is 6.54 Å². The Kier molecular flexibility index (Phi) is 2.93. The van der Waals surface area contributed by atoms with E-state index >= 15 is 0 Å². The standard InChI is InChI=1S/C16H15FN2O/c1-3-19-15-7-4-11(17)9-14(15)18-16(19)13-6-5-12(20)8-10(13)2/h4-9,20H,3H2,1-2H3. The fourth-order valence-corrected chi connectivity index (χ4v) is 2.53. The smallest absolute Gasteiger partial charge is 0.141 e. The molecule has 0 amide bonds. The zero-order chi connectivity index (χ0) is 14.3. The molecule has 0 saturated heterocycles. The zero-order valence-electron chi connectivity index (χ0n) is 11.4. The molecule has 0 fully saturated rings. The number of halogens is 1. The molecule has 0 aliphatic rings. The fourth-order valence-electron chi connectivity index (χ4n) is 2.53. The highest BCUT2D eigenvalue weighted by molar-refractivity contribution is 5.81. The third kappa shape index (κ3) is 1.93. The van der Waals surface area contributed by atoms with E-state index in [0.29, 0.717) is 5.52 Å². The Balaban J connectivity index is 2.30. The van der Waals surface area contributed by atoms with Crippen LogP contribution in [0.3, 0.4) is 0 Å². The van der Waals surface area contributed by atoms with Crippen LogP contribution in [-0.4, -0.2) is 14.7 Å². The van der Waals surface area contributed by atoms with Crippen molar-refractivity contribution in [3.63, 3.8) is 0 Å². The van der Waals surface area contributed by atoms with Crippen molar-refractivity contribution in [2.75, 3.05) is 0 Å². The quantitative estimate of drug-likeness (QED) is 0.767. The van der Waals surface area contributed by atoms with Crippen LogP contribution in [0, 0.1) is 12.7 Å². The van der Waals surface area contributed by atoms with E-state index in [4.69, 9.17) is 0 Å². The summed E-state index contributed by atoms with van der Waals surface area (Å²) in [7, 11) is 0. The molecule has 3 nitrogen and oxygen atoms in total. The Morgan fingerprint density at radius 2 is 2.00 bits per heavy atom. The minimum atomic E-state index is -0.285. The van der Waals surface area contributed by atoms with Crippen LogP contribution in [0.4, 0.5) is 4.39 Å². The number of phenols is 1. The summed E-state index contributed by atoms with van der Waals surface area (Å²) in [5, 5.41) is 9.51. The first kappa shape index (κ1) is 12.7. The van der Waals surface area contributed by atoms with Crippen molar-refractivity contribution in [3.05, 3.63) is 47.8 Å². The minimum Gasteiger partial charge on any atom is -0.508 e. The molecule has 1 heterocycles. The second-order valence-corrected chi connectivity index (χ2v) is 4.81. The maximum atomic E-state index is 13.3. The number of nitrogens with zero attached hydrogens (tertiary/aromatic N) is 2. The van der Waals surface area contributed by atoms with Crippen molar-refractivity contribution in [3.8, 4) is 17.1 Å². The molecule has 0 spiro atoms. The van der Waals surface area contributed by atoms with Gasteiger partial charge in [-0.2, -0.15) is 0 Å². The summed E-state index contributed by atoms with van der Waals surface area (Å²) in [5.74, 6) is 0.745. The first-order chi connectivity index (χ1) is 9.60. The SMILES string of the molecule is CCn1c(-c2ccc(O)cc2C)nc2cc(F)ccc21. The van der Waals surface area contributed by atoms with Gasteiger partial charge in [0.05, 0.1) is 11.0 Å². The maximum absolute atomic E-state index is 13.3. The summed E-state index contributed by atoms with van der Waals surface area (Å²) in [6, 6.07) is 9.83. The lowest BCUT2D eigenvalue weighted by molar-refractivity contribution is 0.475. The first-order valence-electron chi connectivity index (χ1n) is 6.56. The van der Waals surface area contributed by atoms with Gasteiger partial charge in [-0.1, -0.05) is 0 Å². The van der Waals surface area contributed by atoms with Crippen LogP contribution >= 0.6 is 0 Å². The van der Waals surface area contributed by atoms with Gasteiger partial charge in [-0.15, -0.1) is 0 Å². The molecule has 0 atom stereocenters. The summed E-state index contributed by atoms with van der Waals surface area (Å²) < 4.78 is 15.4. The summed E-state index contributed by atoms with van der Waals surface area (Å²) >= 11 is 0. The molecule has 0 bridgehead atoms. The van der Waals surface area contributed by atoms with E-state index in [1.807, 2.05) is 24.5 Å². The molecule has 0 unspecified atom stereocenters. The van der Waals surface area contributed by atoms with Crippen LogP contribution in [0.15, 0.2) is 36.4 Å². The number of benzene rings is 2. The number of fused-ring (bicyclic) bond motifs is 1. The Labute approximate surface area is 116 Å². The lowest BCUT2D eigenvalue weighted by Gasteiger charge is -2.09. The molecule has 4 heteroatoms. The van der Waals surface area contributed by atoms with Crippen molar-refractivity contribution in [2.24, 2.45) is 0 Å². The monoisotopic (exact) mass is 270 g/mol. The predicted molar refractivity (Wildman–Crippen MR) is 77.2 cm³/mol. The summed E-state index contributed by atoms with van der Waals surface area (Å²) in [5.41, 5.74) is 3.45. The van der Waals surface area contributed by atoms with Crippen molar-refractivity contribution >= 4 is 11.0 Å². The van der Waals surface area contributed by atoms with Crippen molar-refractivity contribution in [1.29, 1.82) is 0 Å². The average Bonchev–Trinajstić information content (AvgIpc) is 2.75. The normalized spacial score (nSPS) is 11.2. The van der Waals surface area contributed by atoms with Gasteiger partial charge in [-0.3, -0.25) is 0 Å². The Bertz CT molecular complexity index is 793. The van der Waals surface area contributed by atoms with Crippen LogP contribution < -0.4 is 0 Å². The van der Waals surface area contributed by atoms with Crippen LogP contribution in [0.1, 0.15) is 12.5 Å². The van der Waals surface area contributed by atoms with Gasteiger partial charge in [0.15, 0.2) is 0 Å². The molecular formula is C16H15FN2O. The van der Waals surface area contributed by atoms with E-state index < -0.39 is 0 Å². The highest BCUT2D eigenvalue weighted by atomic mass is 19.1. The van der Waals surface area contributed by atoms with Gasteiger partial charge < -0.3 is 9.67 Å². The molecule has 1 N–H and O–H groups in total. The summed E-state index contributed by atoms with van der Waals surface area (Å²) in [6.45, 7) is 4.70. The van der Waals surface area contributed by atoms with Crippen molar-refractivity contribution in [1.82, 2.24) is 9.55 Å². The topological polar surface area (TPSA) is 38.0 Å². The molecular weight excluding hydrogens is 255 g/mol. The van der Waals surface area contributed by atoms with Crippen molar-refractivity contribution < 1.29 is 9.50 Å². The second kappa shape index (κ2) is 4.63. The molecule has 3 rings (SSSR count). The number of rotatable bonds is 2. The van der Waals surface area contributed by atoms with Crippen molar-refractivity contribution in [2.45, 2.75) is 20.4 Å². The summed E-state index contributed by atoms with van der Waals surface area (Å²) in [6.07, 6.45) is 0. The van der Waals surface area contributed by atoms with E-state index in [0.717, 1.165) is 29.0 Å². The van der Waals surface area contributed by atoms with Gasteiger partial charge in [0.2, 0.25) is 0 Å². The molecule has 102 valence electrons. The third-order valence-electron chi connectivity index (χ3n) is 3.48. The van der Waals surface area contributed by atoms with E-state index in [-0.39, 0.29) is 11.6 Å². The lowest BCUT2D eigenvalue weighted by Crippen LogP contribution is -1.98. The molecule has 0 saturated carbocycles. The number of aromatic nitrogens is 2. The molecule has 0 radical (unpaired) electrons. The zero-order valence-corrected chi connectivity index (χ0v) is 11.4. The second-order valence-electron chi connectivity index (χ2n) is 4.81. The Morgan fingerprint density at radius 3 is 2.70 bits per heavy atom. The van der Waals surface area contributed by atoms with E-state index in [1.165, 1.54) is 12.1 Å². The maximum Gasteiger partial charge on any atom is 0.141 e.